The van der Waals surface area contributed by atoms with Crippen LogP contribution in [-0.4, -0.2) is 55.6 Å². The predicted octanol–water partition coefficient (Wildman–Crippen LogP) is 5.04. The molecule has 39 heavy (non-hydrogen) atoms. The molecule has 1 saturated carbocycles. The smallest absolute Gasteiger partial charge is 0.436 e. The van der Waals surface area contributed by atoms with Crippen LogP contribution >= 0.6 is 0 Å². The summed E-state index contributed by atoms with van der Waals surface area (Å²) in [5.41, 5.74) is 3.42. The Morgan fingerprint density at radius 3 is 2.56 bits per heavy atom. The standard InChI is InChI=1S/C27H28F3N7O2/c1-31-23-11-21-20(12-32-23)24(15-4-9-19-16(10-15)14-35(2)26(19)38)34-37(21)17-5-7-18(8-6-17)39-22-13-33-36(3)25(22)27(28,29)30/h4,9-13,17-18H,5-8,14H2,1-3H3,(H,31,32). The highest BCUT2D eigenvalue weighted by molar-refractivity contribution is 6.00. The third-order valence-corrected chi connectivity index (χ3v) is 7.67. The van der Waals surface area contributed by atoms with Crippen molar-refractivity contribution in [3.8, 4) is 17.0 Å². The minimum atomic E-state index is -4.54. The number of carbonyl (C=O) groups excluding carboxylic acids is 1. The second kappa shape index (κ2) is 9.28. The number of nitrogens with zero attached hydrogens (tertiary/aromatic N) is 6. The lowest BCUT2D eigenvalue weighted by molar-refractivity contribution is -0.145. The van der Waals surface area contributed by atoms with Gasteiger partial charge in [-0.25, -0.2) is 4.98 Å². The molecule has 1 fully saturated rings. The van der Waals surface area contributed by atoms with E-state index in [-0.39, 0.29) is 23.8 Å². The van der Waals surface area contributed by atoms with Gasteiger partial charge in [0.15, 0.2) is 11.4 Å². The van der Waals surface area contributed by atoms with E-state index >= 15 is 0 Å². The van der Waals surface area contributed by atoms with Crippen LogP contribution in [0.15, 0.2) is 36.7 Å². The average Bonchev–Trinajstić information content (AvgIpc) is 3.56. The molecule has 1 aliphatic carbocycles. The SMILES string of the molecule is CNc1cc2c(cn1)c(-c1ccc3c(c1)CN(C)C3=O)nn2C1CCC(Oc2cnn(C)c2C(F)(F)F)CC1. The Labute approximate surface area is 222 Å². The van der Waals surface area contributed by atoms with Crippen LogP contribution in [0.1, 0.15) is 53.3 Å². The highest BCUT2D eigenvalue weighted by Gasteiger charge is 2.39. The Bertz CT molecular complexity index is 1570. The van der Waals surface area contributed by atoms with Crippen molar-refractivity contribution in [2.75, 3.05) is 19.4 Å². The zero-order valence-corrected chi connectivity index (χ0v) is 21.8. The van der Waals surface area contributed by atoms with Crippen molar-refractivity contribution in [2.24, 2.45) is 7.05 Å². The first-order valence-electron chi connectivity index (χ1n) is 12.8. The number of benzene rings is 1. The van der Waals surface area contributed by atoms with E-state index in [1.807, 2.05) is 28.9 Å². The van der Waals surface area contributed by atoms with Crippen LogP contribution in [0, 0.1) is 0 Å². The Hall–Kier alpha value is -4.09. The molecular weight excluding hydrogens is 511 g/mol. The number of carbonyl (C=O) groups is 1. The van der Waals surface area contributed by atoms with E-state index in [0.29, 0.717) is 43.6 Å². The summed E-state index contributed by atoms with van der Waals surface area (Å²) in [7, 11) is 4.85. The van der Waals surface area contributed by atoms with Gasteiger partial charge < -0.3 is 15.0 Å². The molecule has 4 heterocycles. The molecule has 6 rings (SSSR count). The van der Waals surface area contributed by atoms with Crippen molar-refractivity contribution in [2.45, 2.75) is 50.6 Å². The molecule has 12 heteroatoms. The molecule has 0 unspecified atom stereocenters. The lowest BCUT2D eigenvalue weighted by atomic mass is 9.93. The summed E-state index contributed by atoms with van der Waals surface area (Å²) in [4.78, 5) is 18.6. The van der Waals surface area contributed by atoms with E-state index < -0.39 is 11.9 Å². The molecule has 1 N–H and O–H groups in total. The molecule has 9 nitrogen and oxygen atoms in total. The van der Waals surface area contributed by atoms with Gasteiger partial charge in [-0.3, -0.25) is 14.2 Å². The number of alkyl halides is 3. The third-order valence-electron chi connectivity index (χ3n) is 7.67. The summed E-state index contributed by atoms with van der Waals surface area (Å²) in [5.74, 6) is 0.496. The fourth-order valence-electron chi connectivity index (χ4n) is 5.69. The summed E-state index contributed by atoms with van der Waals surface area (Å²) in [6, 6.07) is 7.81. The Balaban J connectivity index is 1.28. The van der Waals surface area contributed by atoms with E-state index in [1.165, 1.54) is 7.05 Å². The van der Waals surface area contributed by atoms with Gasteiger partial charge in [-0.1, -0.05) is 6.07 Å². The van der Waals surface area contributed by atoms with Gasteiger partial charge >= 0.3 is 6.18 Å². The zero-order chi connectivity index (χ0) is 27.5. The van der Waals surface area contributed by atoms with Gasteiger partial charge in [0.25, 0.3) is 5.91 Å². The Morgan fingerprint density at radius 1 is 1.08 bits per heavy atom. The lowest BCUT2D eigenvalue weighted by Gasteiger charge is -2.29. The molecule has 1 amide bonds. The molecule has 1 aromatic carbocycles. The van der Waals surface area contributed by atoms with Gasteiger partial charge in [-0.15, -0.1) is 0 Å². The van der Waals surface area contributed by atoms with Gasteiger partial charge in [-0.05, 0) is 43.4 Å². The number of rotatable bonds is 5. The van der Waals surface area contributed by atoms with Crippen molar-refractivity contribution >= 4 is 22.6 Å². The quantitative estimate of drug-likeness (QED) is 0.382. The van der Waals surface area contributed by atoms with E-state index in [0.717, 1.165) is 38.6 Å². The molecule has 0 saturated heterocycles. The normalized spacial score (nSPS) is 19.5. The molecule has 0 atom stereocenters. The van der Waals surface area contributed by atoms with E-state index in [2.05, 4.69) is 15.4 Å². The molecule has 3 aromatic heterocycles. The number of hydrogen-bond donors (Lipinski definition) is 1. The lowest BCUT2D eigenvalue weighted by Crippen LogP contribution is -2.27. The maximum absolute atomic E-state index is 13.5. The zero-order valence-electron chi connectivity index (χ0n) is 21.8. The number of fused-ring (bicyclic) bond motifs is 2. The number of aromatic nitrogens is 5. The van der Waals surface area contributed by atoms with Gasteiger partial charge in [0.2, 0.25) is 0 Å². The highest BCUT2D eigenvalue weighted by Crippen LogP contribution is 2.40. The molecule has 0 spiro atoms. The van der Waals surface area contributed by atoms with Crippen molar-refractivity contribution in [3.63, 3.8) is 0 Å². The van der Waals surface area contributed by atoms with Gasteiger partial charge in [0.05, 0.1) is 23.9 Å². The molecular formula is C27H28F3N7O2. The largest absolute Gasteiger partial charge is 0.486 e. The second-order valence-electron chi connectivity index (χ2n) is 10.2. The predicted molar refractivity (Wildman–Crippen MR) is 138 cm³/mol. The first kappa shape index (κ1) is 25.2. The number of anilines is 1. The maximum atomic E-state index is 13.5. The number of pyridine rings is 1. The number of ether oxygens (including phenoxy) is 1. The first-order chi connectivity index (χ1) is 18.6. The molecule has 4 aromatic rings. The summed E-state index contributed by atoms with van der Waals surface area (Å²) in [5, 5.41) is 12.8. The van der Waals surface area contributed by atoms with Crippen molar-refractivity contribution in [1.82, 2.24) is 29.4 Å². The Morgan fingerprint density at radius 2 is 1.85 bits per heavy atom. The molecule has 0 bridgehead atoms. The summed E-state index contributed by atoms with van der Waals surface area (Å²) < 4.78 is 49.0. The van der Waals surface area contributed by atoms with E-state index in [1.54, 1.807) is 25.2 Å². The van der Waals surface area contributed by atoms with Gasteiger partial charge in [-0.2, -0.15) is 23.4 Å². The number of nitrogens with one attached hydrogen (secondary N) is 1. The van der Waals surface area contributed by atoms with Crippen molar-refractivity contribution < 1.29 is 22.7 Å². The Kier molecular flexibility index (Phi) is 6.00. The summed E-state index contributed by atoms with van der Waals surface area (Å²) in [6.45, 7) is 0.555. The fourth-order valence-corrected chi connectivity index (χ4v) is 5.69. The molecule has 1 aliphatic heterocycles. The van der Waals surface area contributed by atoms with Crippen LogP contribution in [-0.2, 0) is 19.8 Å². The third kappa shape index (κ3) is 4.37. The number of halogens is 3. The maximum Gasteiger partial charge on any atom is 0.436 e. The van der Waals surface area contributed by atoms with Crippen LogP contribution in [0.25, 0.3) is 22.2 Å². The number of amides is 1. The van der Waals surface area contributed by atoms with Gasteiger partial charge in [0, 0.05) is 56.5 Å². The highest BCUT2D eigenvalue weighted by atomic mass is 19.4. The number of hydrogen-bond acceptors (Lipinski definition) is 6. The van der Waals surface area contributed by atoms with Crippen LogP contribution < -0.4 is 10.1 Å². The van der Waals surface area contributed by atoms with E-state index in [4.69, 9.17) is 9.84 Å². The van der Waals surface area contributed by atoms with Gasteiger partial charge in [0.1, 0.15) is 11.5 Å². The van der Waals surface area contributed by atoms with Crippen molar-refractivity contribution in [3.05, 3.63) is 53.5 Å². The van der Waals surface area contributed by atoms with E-state index in [9.17, 15) is 18.0 Å². The summed E-state index contributed by atoms with van der Waals surface area (Å²) in [6.07, 6.45) is 0.633. The first-order valence-corrected chi connectivity index (χ1v) is 12.8. The number of aryl methyl sites for hydroxylation is 1. The van der Waals surface area contributed by atoms with Crippen LogP contribution in [0.3, 0.4) is 0 Å². The minimum Gasteiger partial charge on any atom is -0.486 e. The average molecular weight is 540 g/mol. The second-order valence-corrected chi connectivity index (χ2v) is 10.2. The molecule has 2 aliphatic rings. The van der Waals surface area contributed by atoms with Crippen LogP contribution in [0.2, 0.25) is 0 Å². The van der Waals surface area contributed by atoms with Crippen LogP contribution in [0.4, 0.5) is 19.0 Å². The summed E-state index contributed by atoms with van der Waals surface area (Å²) >= 11 is 0. The molecule has 0 radical (unpaired) electrons. The fraction of sp³-hybridized carbons (Fsp3) is 0.407. The minimum absolute atomic E-state index is 0.0138. The topological polar surface area (TPSA) is 90.1 Å². The molecule has 204 valence electrons. The van der Waals surface area contributed by atoms with Crippen LogP contribution in [0.5, 0.6) is 5.75 Å². The van der Waals surface area contributed by atoms with Crippen molar-refractivity contribution in [1.29, 1.82) is 0 Å². The monoisotopic (exact) mass is 539 g/mol.